The zero-order valence-corrected chi connectivity index (χ0v) is 15.8. The molecule has 0 saturated heterocycles. The fraction of sp³-hybridized carbons (Fsp3) is 0.500. The highest BCUT2D eigenvalue weighted by atomic mass is 16.6. The first-order chi connectivity index (χ1) is 12.1. The molecular formula is C18H26N2O6. The van der Waals surface area contributed by atoms with Gasteiger partial charge in [-0.1, -0.05) is 6.07 Å². The first-order valence-electron chi connectivity index (χ1n) is 8.20. The Morgan fingerprint density at radius 1 is 1.19 bits per heavy atom. The van der Waals surface area contributed by atoms with Crippen LogP contribution >= 0.6 is 0 Å². The molecule has 0 unspecified atom stereocenters. The molecule has 0 aliphatic rings. The van der Waals surface area contributed by atoms with Crippen LogP contribution < -0.4 is 10.6 Å². The third-order valence-electron chi connectivity index (χ3n) is 3.00. The molecule has 8 nitrogen and oxygen atoms in total. The first-order valence-corrected chi connectivity index (χ1v) is 8.20. The third-order valence-corrected chi connectivity index (χ3v) is 3.00. The summed E-state index contributed by atoms with van der Waals surface area (Å²) in [5, 5.41) is 5.13. The van der Waals surface area contributed by atoms with E-state index in [0.29, 0.717) is 18.8 Å². The average Bonchev–Trinajstić information content (AvgIpc) is 2.53. The molecule has 0 bridgehead atoms. The number of esters is 1. The van der Waals surface area contributed by atoms with Crippen LogP contribution in [0.1, 0.15) is 38.1 Å². The van der Waals surface area contributed by atoms with E-state index in [1.807, 2.05) is 0 Å². The van der Waals surface area contributed by atoms with E-state index in [1.165, 1.54) is 26.2 Å². The Hall–Kier alpha value is -2.61. The summed E-state index contributed by atoms with van der Waals surface area (Å²) >= 11 is 0. The number of rotatable bonds is 7. The molecule has 0 aliphatic heterocycles. The molecule has 144 valence electrons. The van der Waals surface area contributed by atoms with Crippen LogP contribution in [0, 0.1) is 0 Å². The normalized spacial score (nSPS) is 12.0. The smallest absolute Gasteiger partial charge is 0.412 e. The molecule has 0 aliphatic carbocycles. The van der Waals surface area contributed by atoms with Gasteiger partial charge in [-0.2, -0.15) is 0 Å². The minimum absolute atomic E-state index is 0.204. The number of anilines is 1. The number of hydrogen-bond donors (Lipinski definition) is 2. The number of nitrogens with one attached hydrogen (secondary N) is 2. The van der Waals surface area contributed by atoms with Crippen molar-refractivity contribution in [2.24, 2.45) is 0 Å². The van der Waals surface area contributed by atoms with Gasteiger partial charge in [0.25, 0.3) is 5.91 Å². The Morgan fingerprint density at radius 2 is 1.88 bits per heavy atom. The predicted molar refractivity (Wildman–Crippen MR) is 96.1 cm³/mol. The molecule has 1 rings (SSSR count). The second-order valence-electron chi connectivity index (χ2n) is 6.54. The summed E-state index contributed by atoms with van der Waals surface area (Å²) in [5.74, 6) is -1.09. The Kier molecular flexibility index (Phi) is 8.05. The van der Waals surface area contributed by atoms with Crippen molar-refractivity contribution in [3.05, 3.63) is 29.8 Å². The summed E-state index contributed by atoms with van der Waals surface area (Å²) < 4.78 is 15.1. The maximum Gasteiger partial charge on any atom is 0.412 e. The Balaban J connectivity index is 2.64. The maximum atomic E-state index is 12.2. The van der Waals surface area contributed by atoms with Gasteiger partial charge in [0.2, 0.25) is 0 Å². The molecule has 1 aromatic rings. The molecule has 0 saturated carbocycles. The van der Waals surface area contributed by atoms with Crippen molar-refractivity contribution < 1.29 is 28.6 Å². The summed E-state index contributed by atoms with van der Waals surface area (Å²) in [6, 6.07) is 6.17. The number of carbonyl (C=O) groups is 3. The van der Waals surface area contributed by atoms with Gasteiger partial charge in [-0.3, -0.25) is 10.1 Å². The highest BCUT2D eigenvalue weighted by Crippen LogP contribution is 2.15. The van der Waals surface area contributed by atoms with Crippen LogP contribution in [0.25, 0.3) is 0 Å². The zero-order chi connectivity index (χ0) is 19.7. The lowest BCUT2D eigenvalue weighted by Crippen LogP contribution is -2.37. The molecule has 0 radical (unpaired) electrons. The lowest BCUT2D eigenvalue weighted by Gasteiger charge is -2.19. The summed E-state index contributed by atoms with van der Waals surface area (Å²) in [4.78, 5) is 35.8. The quantitative estimate of drug-likeness (QED) is 0.567. The van der Waals surface area contributed by atoms with Crippen LogP contribution in [-0.4, -0.2) is 49.9 Å². The van der Waals surface area contributed by atoms with Gasteiger partial charge >= 0.3 is 12.1 Å². The molecule has 0 fully saturated rings. The monoisotopic (exact) mass is 366 g/mol. The first kappa shape index (κ1) is 21.4. The van der Waals surface area contributed by atoms with Gasteiger partial charge in [-0.15, -0.1) is 0 Å². The number of benzene rings is 1. The molecule has 2 N–H and O–H groups in total. The van der Waals surface area contributed by atoms with Crippen molar-refractivity contribution in [2.45, 2.75) is 39.4 Å². The minimum atomic E-state index is -0.957. The largest absolute Gasteiger partial charge is 0.449 e. The fourth-order valence-electron chi connectivity index (χ4n) is 1.85. The van der Waals surface area contributed by atoms with E-state index in [9.17, 15) is 14.4 Å². The van der Waals surface area contributed by atoms with E-state index in [-0.39, 0.29) is 5.56 Å². The summed E-state index contributed by atoms with van der Waals surface area (Å²) in [5.41, 5.74) is -0.0484. The highest BCUT2D eigenvalue weighted by molar-refractivity contribution is 5.94. The van der Waals surface area contributed by atoms with Crippen molar-refractivity contribution in [1.82, 2.24) is 5.32 Å². The van der Waals surface area contributed by atoms with E-state index in [1.54, 1.807) is 32.9 Å². The molecule has 1 atom stereocenters. The Morgan fingerprint density at radius 3 is 2.50 bits per heavy atom. The third kappa shape index (κ3) is 7.98. The molecule has 0 aromatic heterocycles. The van der Waals surface area contributed by atoms with Crippen LogP contribution in [0.5, 0.6) is 0 Å². The molecule has 0 spiro atoms. The van der Waals surface area contributed by atoms with Crippen LogP contribution in [0.4, 0.5) is 10.5 Å². The van der Waals surface area contributed by atoms with Crippen LogP contribution in [0.15, 0.2) is 24.3 Å². The van der Waals surface area contributed by atoms with Crippen molar-refractivity contribution in [3.8, 4) is 0 Å². The summed E-state index contributed by atoms with van der Waals surface area (Å²) in [6.45, 7) is 7.42. The van der Waals surface area contributed by atoms with Crippen molar-refractivity contribution in [2.75, 3.05) is 25.6 Å². The summed E-state index contributed by atoms with van der Waals surface area (Å²) in [7, 11) is 1.52. The van der Waals surface area contributed by atoms with Gasteiger partial charge < -0.3 is 19.5 Å². The molecular weight excluding hydrogens is 340 g/mol. The molecule has 1 aromatic carbocycles. The van der Waals surface area contributed by atoms with E-state index >= 15 is 0 Å². The van der Waals surface area contributed by atoms with Gasteiger partial charge in [0.1, 0.15) is 5.60 Å². The Labute approximate surface area is 153 Å². The van der Waals surface area contributed by atoms with Crippen LogP contribution in [0.2, 0.25) is 0 Å². The number of hydrogen-bond acceptors (Lipinski definition) is 6. The van der Waals surface area contributed by atoms with Crippen molar-refractivity contribution in [3.63, 3.8) is 0 Å². The number of ether oxygens (including phenoxy) is 3. The summed E-state index contributed by atoms with van der Waals surface area (Å²) in [6.07, 6.45) is -1.59. The highest BCUT2D eigenvalue weighted by Gasteiger charge is 2.20. The fourth-order valence-corrected chi connectivity index (χ4v) is 1.85. The molecule has 26 heavy (non-hydrogen) atoms. The average molecular weight is 366 g/mol. The van der Waals surface area contributed by atoms with Gasteiger partial charge in [-0.05, 0) is 45.9 Å². The molecule has 0 heterocycles. The maximum absolute atomic E-state index is 12.2. The van der Waals surface area contributed by atoms with Crippen molar-refractivity contribution in [1.29, 1.82) is 0 Å². The Bertz CT molecular complexity index is 639. The minimum Gasteiger partial charge on any atom is -0.449 e. The second kappa shape index (κ2) is 9.76. The molecule has 2 amide bonds. The van der Waals surface area contributed by atoms with Gasteiger partial charge in [0, 0.05) is 19.3 Å². The molecule has 8 heteroatoms. The second-order valence-corrected chi connectivity index (χ2v) is 6.54. The van der Waals surface area contributed by atoms with Crippen LogP contribution in [-0.2, 0) is 19.0 Å². The zero-order valence-electron chi connectivity index (χ0n) is 15.8. The van der Waals surface area contributed by atoms with Gasteiger partial charge in [-0.25, -0.2) is 9.59 Å². The van der Waals surface area contributed by atoms with Crippen LogP contribution in [0.3, 0.4) is 0 Å². The van der Waals surface area contributed by atoms with E-state index in [4.69, 9.17) is 14.2 Å². The lowest BCUT2D eigenvalue weighted by atomic mass is 10.2. The van der Waals surface area contributed by atoms with E-state index in [0.717, 1.165) is 0 Å². The standard InChI is InChI=1S/C18H26N2O6/c1-12(15(21)19-9-10-24-5)25-16(22)13-7-6-8-14(11-13)20-17(23)26-18(2,3)4/h6-8,11-12H,9-10H2,1-5H3,(H,19,21)(H,20,23)/t12-/m0/s1. The van der Waals surface area contributed by atoms with Crippen molar-refractivity contribution >= 4 is 23.7 Å². The number of amides is 2. The number of methoxy groups -OCH3 is 1. The van der Waals surface area contributed by atoms with E-state index in [2.05, 4.69) is 10.6 Å². The van der Waals surface area contributed by atoms with E-state index < -0.39 is 29.7 Å². The SMILES string of the molecule is COCCNC(=O)[C@H](C)OC(=O)c1cccc(NC(=O)OC(C)(C)C)c1. The predicted octanol–water partition coefficient (Wildman–Crippen LogP) is 2.34. The van der Waals surface area contributed by atoms with Gasteiger partial charge in [0.05, 0.1) is 12.2 Å². The van der Waals surface area contributed by atoms with Gasteiger partial charge in [0.15, 0.2) is 6.10 Å². The lowest BCUT2D eigenvalue weighted by molar-refractivity contribution is -0.129. The topological polar surface area (TPSA) is 103 Å². The number of carbonyl (C=O) groups excluding carboxylic acids is 3.